The molecular formula is C16H14ClNO3. The van der Waals surface area contributed by atoms with E-state index < -0.39 is 4.92 Å². The Morgan fingerprint density at radius 1 is 1.29 bits per heavy atom. The largest absolute Gasteiger partial charge is 0.486 e. The molecule has 0 aromatic heterocycles. The highest BCUT2D eigenvalue weighted by Gasteiger charge is 2.27. The fraction of sp³-hybridized carbons (Fsp3) is 0.250. The summed E-state index contributed by atoms with van der Waals surface area (Å²) < 4.78 is 5.70. The van der Waals surface area contributed by atoms with Crippen LogP contribution < -0.4 is 4.74 Å². The first-order valence-corrected chi connectivity index (χ1v) is 7.26. The smallest absolute Gasteiger partial charge is 0.310 e. The number of nitro benzene ring substituents is 1. The van der Waals surface area contributed by atoms with Crippen LogP contribution in [0.1, 0.15) is 22.6 Å². The highest BCUT2D eigenvalue weighted by Crippen LogP contribution is 2.36. The first-order valence-electron chi connectivity index (χ1n) is 6.73. The molecule has 2 aromatic rings. The Labute approximate surface area is 127 Å². The Hall–Kier alpha value is -2.07. The van der Waals surface area contributed by atoms with Gasteiger partial charge in [0.2, 0.25) is 0 Å². The lowest BCUT2D eigenvalue weighted by atomic mass is 9.78. The van der Waals surface area contributed by atoms with E-state index in [2.05, 4.69) is 12.1 Å². The number of ether oxygens (including phenoxy) is 1. The van der Waals surface area contributed by atoms with Gasteiger partial charge in [-0.05, 0) is 29.2 Å². The van der Waals surface area contributed by atoms with Crippen LogP contribution in [0.3, 0.4) is 0 Å². The molecule has 2 aromatic carbocycles. The van der Waals surface area contributed by atoms with Gasteiger partial charge >= 0.3 is 5.69 Å². The van der Waals surface area contributed by atoms with Crippen LogP contribution in [0, 0.1) is 10.1 Å². The molecular weight excluding hydrogens is 290 g/mol. The molecule has 108 valence electrons. The second-order valence-corrected chi connectivity index (χ2v) is 5.37. The number of nitrogens with zero attached hydrogens (tertiary/aromatic N) is 1. The Kier molecular flexibility index (Phi) is 3.80. The van der Waals surface area contributed by atoms with Gasteiger partial charge in [0.15, 0.2) is 5.75 Å². The summed E-state index contributed by atoms with van der Waals surface area (Å²) in [6.07, 6.45) is 0.958. The zero-order chi connectivity index (χ0) is 14.8. The maximum absolute atomic E-state index is 11.0. The summed E-state index contributed by atoms with van der Waals surface area (Å²) in [6.45, 7) is 0.448. The molecule has 1 aliphatic carbocycles. The van der Waals surface area contributed by atoms with Crippen molar-refractivity contribution in [3.8, 4) is 5.75 Å². The summed E-state index contributed by atoms with van der Waals surface area (Å²) in [7, 11) is 0. The van der Waals surface area contributed by atoms with Crippen LogP contribution in [0.2, 0.25) is 0 Å². The molecule has 0 radical (unpaired) electrons. The fourth-order valence-electron chi connectivity index (χ4n) is 2.61. The van der Waals surface area contributed by atoms with Crippen molar-refractivity contribution in [2.24, 2.45) is 0 Å². The third-order valence-electron chi connectivity index (χ3n) is 3.78. The SMILES string of the molecule is O=[N+]([O-])c1ccc(CCl)cc1OCC1Cc2ccccc21. The van der Waals surface area contributed by atoms with Crippen molar-refractivity contribution in [2.75, 3.05) is 6.61 Å². The standard InChI is InChI=1S/C16H14ClNO3/c17-9-11-5-6-15(18(19)20)16(7-11)21-10-13-8-12-3-1-2-4-14(12)13/h1-7,13H,8-10H2. The van der Waals surface area contributed by atoms with E-state index in [1.807, 2.05) is 12.1 Å². The number of hydrogen-bond acceptors (Lipinski definition) is 3. The lowest BCUT2D eigenvalue weighted by Gasteiger charge is -2.29. The van der Waals surface area contributed by atoms with Gasteiger partial charge in [0.25, 0.3) is 0 Å². The van der Waals surface area contributed by atoms with Gasteiger partial charge in [-0.15, -0.1) is 11.6 Å². The fourth-order valence-corrected chi connectivity index (χ4v) is 2.78. The first-order chi connectivity index (χ1) is 10.2. The molecule has 21 heavy (non-hydrogen) atoms. The van der Waals surface area contributed by atoms with Crippen LogP contribution in [0.4, 0.5) is 5.69 Å². The van der Waals surface area contributed by atoms with Crippen molar-refractivity contribution in [3.63, 3.8) is 0 Å². The second-order valence-electron chi connectivity index (χ2n) is 5.10. The molecule has 0 spiro atoms. The highest BCUT2D eigenvalue weighted by molar-refractivity contribution is 6.17. The maximum atomic E-state index is 11.0. The summed E-state index contributed by atoms with van der Waals surface area (Å²) in [5.74, 6) is 0.906. The molecule has 0 bridgehead atoms. The van der Waals surface area contributed by atoms with Crippen molar-refractivity contribution < 1.29 is 9.66 Å². The summed E-state index contributed by atoms with van der Waals surface area (Å²) in [6, 6.07) is 12.9. The molecule has 0 fully saturated rings. The van der Waals surface area contributed by atoms with E-state index in [-0.39, 0.29) is 5.69 Å². The van der Waals surface area contributed by atoms with E-state index in [1.165, 1.54) is 17.2 Å². The van der Waals surface area contributed by atoms with Gasteiger partial charge in [0.05, 0.1) is 11.5 Å². The van der Waals surface area contributed by atoms with Crippen molar-refractivity contribution in [1.29, 1.82) is 0 Å². The van der Waals surface area contributed by atoms with Crippen molar-refractivity contribution >= 4 is 17.3 Å². The Morgan fingerprint density at radius 2 is 2.10 bits per heavy atom. The molecule has 0 amide bonds. The second kappa shape index (κ2) is 5.74. The monoisotopic (exact) mass is 303 g/mol. The predicted molar refractivity (Wildman–Crippen MR) is 81.0 cm³/mol. The van der Waals surface area contributed by atoms with Gasteiger partial charge in [-0.2, -0.15) is 0 Å². The van der Waals surface area contributed by atoms with Crippen LogP contribution in [0.15, 0.2) is 42.5 Å². The molecule has 0 aliphatic heterocycles. The van der Waals surface area contributed by atoms with Crippen molar-refractivity contribution in [3.05, 3.63) is 69.3 Å². The summed E-state index contributed by atoms with van der Waals surface area (Å²) in [4.78, 5) is 10.6. The Balaban J connectivity index is 1.75. The minimum absolute atomic E-state index is 0.0172. The molecule has 1 aliphatic rings. The third kappa shape index (κ3) is 2.72. The molecule has 3 rings (SSSR count). The number of fused-ring (bicyclic) bond motifs is 1. The van der Waals surface area contributed by atoms with Crippen LogP contribution >= 0.6 is 11.6 Å². The maximum Gasteiger partial charge on any atom is 0.310 e. The molecule has 4 nitrogen and oxygen atoms in total. The number of alkyl halides is 1. The molecule has 0 saturated carbocycles. The van der Waals surface area contributed by atoms with E-state index >= 15 is 0 Å². The van der Waals surface area contributed by atoms with Crippen LogP contribution in [-0.4, -0.2) is 11.5 Å². The minimum Gasteiger partial charge on any atom is -0.486 e. The zero-order valence-corrected chi connectivity index (χ0v) is 12.0. The highest BCUT2D eigenvalue weighted by atomic mass is 35.5. The summed E-state index contributed by atoms with van der Waals surface area (Å²) >= 11 is 5.77. The number of halogens is 1. The average Bonchev–Trinajstić information content (AvgIpc) is 2.47. The van der Waals surface area contributed by atoms with E-state index in [1.54, 1.807) is 12.1 Å². The van der Waals surface area contributed by atoms with E-state index in [0.717, 1.165) is 12.0 Å². The third-order valence-corrected chi connectivity index (χ3v) is 4.09. The van der Waals surface area contributed by atoms with Gasteiger partial charge < -0.3 is 4.74 Å². The quantitative estimate of drug-likeness (QED) is 0.475. The summed E-state index contributed by atoms with van der Waals surface area (Å²) in [5, 5.41) is 11.0. The molecule has 5 heteroatoms. The zero-order valence-electron chi connectivity index (χ0n) is 11.3. The number of rotatable bonds is 5. The minimum atomic E-state index is -0.429. The van der Waals surface area contributed by atoms with Gasteiger partial charge in [-0.3, -0.25) is 10.1 Å². The normalized spacial score (nSPS) is 16.0. The molecule has 0 saturated heterocycles. The number of hydrogen-bond donors (Lipinski definition) is 0. The van der Waals surface area contributed by atoms with Gasteiger partial charge in [-0.1, -0.05) is 30.3 Å². The Morgan fingerprint density at radius 3 is 2.81 bits per heavy atom. The number of benzene rings is 2. The summed E-state index contributed by atoms with van der Waals surface area (Å²) in [5.41, 5.74) is 3.39. The molecule has 1 atom stereocenters. The van der Waals surface area contributed by atoms with Gasteiger partial charge in [0, 0.05) is 17.9 Å². The van der Waals surface area contributed by atoms with Crippen molar-refractivity contribution in [2.45, 2.75) is 18.2 Å². The lowest BCUT2D eigenvalue weighted by molar-refractivity contribution is -0.385. The topological polar surface area (TPSA) is 52.4 Å². The van der Waals surface area contributed by atoms with E-state index in [0.29, 0.717) is 24.2 Å². The van der Waals surface area contributed by atoms with Gasteiger partial charge in [-0.25, -0.2) is 0 Å². The lowest BCUT2D eigenvalue weighted by Crippen LogP contribution is -2.23. The average molecular weight is 304 g/mol. The molecule has 1 unspecified atom stereocenters. The van der Waals surface area contributed by atoms with Crippen LogP contribution in [0.5, 0.6) is 5.75 Å². The van der Waals surface area contributed by atoms with Crippen LogP contribution in [-0.2, 0) is 12.3 Å². The van der Waals surface area contributed by atoms with E-state index in [9.17, 15) is 10.1 Å². The van der Waals surface area contributed by atoms with Crippen LogP contribution in [0.25, 0.3) is 0 Å². The Bertz CT molecular complexity index is 687. The molecule has 0 N–H and O–H groups in total. The van der Waals surface area contributed by atoms with E-state index in [4.69, 9.17) is 16.3 Å². The molecule has 0 heterocycles. The number of nitro groups is 1. The first kappa shape index (κ1) is 13.9. The van der Waals surface area contributed by atoms with Gasteiger partial charge in [0.1, 0.15) is 0 Å². The van der Waals surface area contributed by atoms with Crippen molar-refractivity contribution in [1.82, 2.24) is 0 Å². The predicted octanol–water partition coefficient (Wildman–Crippen LogP) is 4.05.